The monoisotopic (exact) mass is 560 g/mol. The second-order valence-electron chi connectivity index (χ2n) is 8.97. The third-order valence-corrected chi connectivity index (χ3v) is 7.79. The number of nitrogens with zero attached hydrogens (tertiary/aromatic N) is 2. The average molecular weight is 561 g/mol. The maximum absolute atomic E-state index is 13.6. The van der Waals surface area contributed by atoms with Crippen molar-refractivity contribution < 1.29 is 38.4 Å². The highest BCUT2D eigenvalue weighted by Crippen LogP contribution is 2.46. The van der Waals surface area contributed by atoms with Gasteiger partial charge in [-0.25, -0.2) is 4.98 Å². The lowest BCUT2D eigenvalue weighted by Gasteiger charge is -2.24. The Bertz CT molecular complexity index is 1690. The van der Waals surface area contributed by atoms with Crippen LogP contribution in [0.4, 0.5) is 5.13 Å². The van der Waals surface area contributed by atoms with E-state index >= 15 is 0 Å². The smallest absolute Gasteiger partial charge is 0.301 e. The number of methoxy groups -OCH3 is 3. The molecule has 1 fully saturated rings. The van der Waals surface area contributed by atoms with Crippen molar-refractivity contribution in [1.29, 1.82) is 0 Å². The number of ketones is 1. The first kappa shape index (κ1) is 25.5. The van der Waals surface area contributed by atoms with Crippen LogP contribution in [0.25, 0.3) is 16.0 Å². The van der Waals surface area contributed by atoms with Crippen molar-refractivity contribution in [2.45, 2.75) is 6.04 Å². The molecule has 0 saturated carbocycles. The second kappa shape index (κ2) is 10.1. The molecule has 10 nitrogen and oxygen atoms in total. The molecule has 0 bridgehead atoms. The largest absolute Gasteiger partial charge is 0.507 e. The number of fused-ring (bicyclic) bond motifs is 2. The van der Waals surface area contributed by atoms with E-state index in [9.17, 15) is 14.7 Å². The van der Waals surface area contributed by atoms with Crippen molar-refractivity contribution in [2.24, 2.45) is 0 Å². The maximum Gasteiger partial charge on any atom is 0.301 e. The molecular formula is C29H24N2O8S. The number of aliphatic hydroxyl groups excluding tert-OH is 1. The molecule has 1 atom stereocenters. The zero-order chi connectivity index (χ0) is 28.0. The van der Waals surface area contributed by atoms with Gasteiger partial charge >= 0.3 is 5.91 Å². The molecular weight excluding hydrogens is 536 g/mol. The minimum atomic E-state index is -1.00. The van der Waals surface area contributed by atoms with E-state index in [1.54, 1.807) is 55.6 Å². The van der Waals surface area contributed by atoms with E-state index in [1.807, 2.05) is 6.07 Å². The Morgan fingerprint density at radius 2 is 1.70 bits per heavy atom. The molecule has 0 aliphatic carbocycles. The van der Waals surface area contributed by atoms with Crippen molar-refractivity contribution in [3.63, 3.8) is 0 Å². The van der Waals surface area contributed by atoms with Crippen molar-refractivity contribution in [3.8, 4) is 28.7 Å². The number of carbonyl (C=O) groups excluding carboxylic acids is 2. The predicted molar refractivity (Wildman–Crippen MR) is 148 cm³/mol. The van der Waals surface area contributed by atoms with Crippen molar-refractivity contribution in [1.82, 2.24) is 4.98 Å². The van der Waals surface area contributed by atoms with E-state index < -0.39 is 17.7 Å². The summed E-state index contributed by atoms with van der Waals surface area (Å²) in [5, 5.41) is 11.8. The topological polar surface area (TPSA) is 117 Å². The van der Waals surface area contributed by atoms with E-state index in [4.69, 9.17) is 23.7 Å². The number of Topliss-reactive ketones (excluding diaryl/α,β-unsaturated/α-hetero) is 1. The quantitative estimate of drug-likeness (QED) is 0.203. The number of thiazole rings is 1. The number of carbonyl (C=O) groups is 2. The van der Waals surface area contributed by atoms with Crippen LogP contribution in [0.2, 0.25) is 0 Å². The number of rotatable bonds is 6. The minimum Gasteiger partial charge on any atom is -0.507 e. The molecule has 3 heterocycles. The van der Waals surface area contributed by atoms with Crippen LogP contribution in [0.15, 0.2) is 60.2 Å². The predicted octanol–water partition coefficient (Wildman–Crippen LogP) is 4.72. The Kier molecular flexibility index (Phi) is 6.43. The van der Waals surface area contributed by atoms with Crippen LogP contribution in [0, 0.1) is 0 Å². The SMILES string of the molecule is COc1ccc2nc(N3C(=O)C(=O)C(=C(O)c4ccc5c(c4)OCCO5)[C@H]3c3ccc(OC)c(OC)c3)sc2c1. The molecule has 1 aromatic heterocycles. The van der Waals surface area contributed by atoms with Gasteiger partial charge in [-0.15, -0.1) is 0 Å². The van der Waals surface area contributed by atoms with E-state index in [0.29, 0.717) is 63.7 Å². The molecule has 204 valence electrons. The number of ether oxygens (including phenoxy) is 5. The van der Waals surface area contributed by atoms with Gasteiger partial charge in [0.1, 0.15) is 24.7 Å². The van der Waals surface area contributed by atoms with Gasteiger partial charge in [0.05, 0.1) is 43.2 Å². The Morgan fingerprint density at radius 3 is 2.45 bits per heavy atom. The van der Waals surface area contributed by atoms with Crippen LogP contribution in [0.3, 0.4) is 0 Å². The van der Waals surface area contributed by atoms with Crippen LogP contribution in [0.1, 0.15) is 17.2 Å². The molecule has 40 heavy (non-hydrogen) atoms. The molecule has 0 unspecified atom stereocenters. The number of hydrogen-bond acceptors (Lipinski definition) is 10. The fraction of sp³-hybridized carbons (Fsp3) is 0.207. The Hall–Kier alpha value is -4.77. The number of anilines is 1. The first-order valence-electron chi connectivity index (χ1n) is 12.3. The summed E-state index contributed by atoms with van der Waals surface area (Å²) in [6, 6.07) is 14.3. The summed E-state index contributed by atoms with van der Waals surface area (Å²) in [6.45, 7) is 0.770. The fourth-order valence-electron chi connectivity index (χ4n) is 4.84. The summed E-state index contributed by atoms with van der Waals surface area (Å²) in [4.78, 5) is 33.2. The Labute approximate surface area is 232 Å². The molecule has 11 heteroatoms. The van der Waals surface area contributed by atoms with Crippen LogP contribution < -0.4 is 28.6 Å². The first-order chi connectivity index (χ1) is 19.4. The van der Waals surface area contributed by atoms with E-state index in [-0.39, 0.29) is 11.3 Å². The van der Waals surface area contributed by atoms with Gasteiger partial charge < -0.3 is 28.8 Å². The molecule has 2 aliphatic rings. The zero-order valence-electron chi connectivity index (χ0n) is 21.8. The van der Waals surface area contributed by atoms with Gasteiger partial charge in [0, 0.05) is 5.56 Å². The van der Waals surface area contributed by atoms with Crippen molar-refractivity contribution in [2.75, 3.05) is 39.4 Å². The third-order valence-electron chi connectivity index (χ3n) is 6.77. The first-order valence-corrected chi connectivity index (χ1v) is 13.1. The summed E-state index contributed by atoms with van der Waals surface area (Å²) in [5.74, 6) is 0.479. The fourth-order valence-corrected chi connectivity index (χ4v) is 5.86. The molecule has 6 rings (SSSR count). The van der Waals surface area contributed by atoms with Gasteiger partial charge in [-0.1, -0.05) is 17.4 Å². The lowest BCUT2D eigenvalue weighted by atomic mass is 9.95. The molecule has 4 aromatic rings. The summed E-state index contributed by atoms with van der Waals surface area (Å²) in [5.41, 5.74) is 1.38. The van der Waals surface area contributed by atoms with Crippen LogP contribution >= 0.6 is 11.3 Å². The highest BCUT2D eigenvalue weighted by Gasteiger charge is 2.48. The normalized spacial score (nSPS) is 17.8. The van der Waals surface area contributed by atoms with Gasteiger partial charge in [-0.3, -0.25) is 14.5 Å². The third kappa shape index (κ3) is 4.15. The van der Waals surface area contributed by atoms with Crippen LogP contribution in [-0.4, -0.2) is 56.3 Å². The lowest BCUT2D eigenvalue weighted by molar-refractivity contribution is -0.132. The van der Waals surface area contributed by atoms with Gasteiger partial charge in [0.15, 0.2) is 28.1 Å². The molecule has 1 N–H and O–H groups in total. The van der Waals surface area contributed by atoms with E-state index in [2.05, 4.69) is 4.98 Å². The number of aromatic nitrogens is 1. The number of hydrogen-bond donors (Lipinski definition) is 1. The van der Waals surface area contributed by atoms with Gasteiger partial charge in [0.25, 0.3) is 5.78 Å². The summed E-state index contributed by atoms with van der Waals surface area (Å²) < 4.78 is 28.2. The number of benzene rings is 3. The van der Waals surface area contributed by atoms with Gasteiger partial charge in [-0.2, -0.15) is 0 Å². The van der Waals surface area contributed by atoms with E-state index in [0.717, 1.165) is 4.70 Å². The summed E-state index contributed by atoms with van der Waals surface area (Å²) >= 11 is 1.24. The lowest BCUT2D eigenvalue weighted by Crippen LogP contribution is -2.29. The average Bonchev–Trinajstić information content (AvgIpc) is 3.53. The van der Waals surface area contributed by atoms with Crippen molar-refractivity contribution >= 4 is 44.1 Å². The second-order valence-corrected chi connectivity index (χ2v) is 9.98. The van der Waals surface area contributed by atoms with Crippen molar-refractivity contribution in [3.05, 3.63) is 71.3 Å². The molecule has 0 spiro atoms. The molecule has 1 saturated heterocycles. The van der Waals surface area contributed by atoms with Crippen LogP contribution in [0.5, 0.6) is 28.7 Å². The minimum absolute atomic E-state index is 0.0919. The Balaban J connectivity index is 1.55. The highest BCUT2D eigenvalue weighted by atomic mass is 32.1. The Morgan fingerprint density at radius 1 is 0.925 bits per heavy atom. The molecule has 1 amide bonds. The van der Waals surface area contributed by atoms with Gasteiger partial charge in [0.2, 0.25) is 0 Å². The maximum atomic E-state index is 13.6. The number of amides is 1. The molecule has 3 aromatic carbocycles. The highest BCUT2D eigenvalue weighted by molar-refractivity contribution is 7.22. The number of aliphatic hydroxyl groups is 1. The zero-order valence-corrected chi connectivity index (χ0v) is 22.6. The van der Waals surface area contributed by atoms with Crippen LogP contribution in [-0.2, 0) is 9.59 Å². The molecule has 2 aliphatic heterocycles. The van der Waals surface area contributed by atoms with Gasteiger partial charge in [-0.05, 0) is 54.1 Å². The van der Waals surface area contributed by atoms with E-state index in [1.165, 1.54) is 30.5 Å². The summed E-state index contributed by atoms with van der Waals surface area (Å²) in [6.07, 6.45) is 0. The molecule has 0 radical (unpaired) electrons. The standard InChI is InChI=1S/C29H24N2O8S/c1-35-17-6-7-18-23(14-17)40-29(30-18)31-25(15-4-8-19(36-2)21(12-15)37-3)24(27(33)28(31)34)26(32)16-5-9-20-22(13-16)39-11-10-38-20/h4-9,12-14,25,32H,10-11H2,1-3H3/t25-/m1/s1. The summed E-state index contributed by atoms with van der Waals surface area (Å²) in [7, 11) is 4.58.